The Hall–Kier alpha value is -2.36. The number of unbranched alkanes of at least 4 members (excludes halogenated alkanes) is 15. The first-order chi connectivity index (χ1) is 23.4. The van der Waals surface area contributed by atoms with Gasteiger partial charge in [-0.05, 0) is 31.4 Å². The molecule has 1 unspecified atom stereocenters. The molecule has 10 nitrogen and oxygen atoms in total. The number of imidazole rings is 1. The molecule has 3 aromatic rings. The van der Waals surface area contributed by atoms with Gasteiger partial charge in [0.05, 0.1) is 38.8 Å². The molecule has 11 heteroatoms. The van der Waals surface area contributed by atoms with Gasteiger partial charge in [-0.2, -0.15) is 0 Å². The summed E-state index contributed by atoms with van der Waals surface area (Å²) in [4.78, 5) is 12.6. The molecule has 0 spiro atoms. The van der Waals surface area contributed by atoms with Gasteiger partial charge in [0.1, 0.15) is 18.2 Å². The Morgan fingerprint density at radius 1 is 0.792 bits per heavy atom. The molecule has 2 heterocycles. The number of ether oxygens (including phenoxy) is 2. The first kappa shape index (κ1) is 40.1. The zero-order chi connectivity index (χ0) is 34.3. The van der Waals surface area contributed by atoms with Crippen molar-refractivity contribution in [3.05, 3.63) is 48.0 Å². The molecule has 0 amide bonds. The Bertz CT molecular complexity index is 1320. The Balaban J connectivity index is 1.27. The normalized spacial score (nSPS) is 13.6. The van der Waals surface area contributed by atoms with Crippen molar-refractivity contribution in [1.82, 2.24) is 19.5 Å². The molecule has 0 bridgehead atoms. The summed E-state index contributed by atoms with van der Waals surface area (Å²) in [6, 6.07) is 7.87. The average Bonchev–Trinajstić information content (AvgIpc) is 3.50. The molecule has 0 saturated heterocycles. The van der Waals surface area contributed by atoms with Crippen LogP contribution in [0.5, 0.6) is 0 Å². The van der Waals surface area contributed by atoms with Gasteiger partial charge in [0, 0.05) is 6.61 Å². The number of benzene rings is 1. The van der Waals surface area contributed by atoms with Gasteiger partial charge in [0.2, 0.25) is 0 Å². The van der Waals surface area contributed by atoms with Crippen LogP contribution >= 0.6 is 7.60 Å². The molecule has 2 atom stereocenters. The van der Waals surface area contributed by atoms with Gasteiger partial charge in [-0.3, -0.25) is 4.57 Å². The van der Waals surface area contributed by atoms with Gasteiger partial charge >= 0.3 is 7.60 Å². The zero-order valence-electron chi connectivity index (χ0n) is 30.0. The van der Waals surface area contributed by atoms with Crippen molar-refractivity contribution in [2.24, 2.45) is 0 Å². The van der Waals surface area contributed by atoms with Crippen LogP contribution in [-0.2, 0) is 36.2 Å². The van der Waals surface area contributed by atoms with Crippen LogP contribution in [0, 0.1) is 6.92 Å². The van der Waals surface area contributed by atoms with Crippen molar-refractivity contribution in [2.75, 3.05) is 31.9 Å². The van der Waals surface area contributed by atoms with E-state index in [0.717, 1.165) is 17.5 Å². The maximum absolute atomic E-state index is 13.8. The maximum Gasteiger partial charge on any atom is 0.356 e. The highest BCUT2D eigenvalue weighted by Gasteiger charge is 2.27. The van der Waals surface area contributed by atoms with E-state index in [1.54, 1.807) is 6.33 Å². The van der Waals surface area contributed by atoms with Crippen molar-refractivity contribution >= 4 is 24.6 Å². The smallest absolute Gasteiger partial charge is 0.356 e. The topological polar surface area (TPSA) is 124 Å². The largest absolute Gasteiger partial charge is 0.382 e. The number of aryl methyl sites for hydroxylation is 1. The van der Waals surface area contributed by atoms with E-state index in [9.17, 15) is 4.57 Å². The fraction of sp³-hybridized carbons (Fsp3) is 0.703. The fourth-order valence-corrected chi connectivity index (χ4v) is 7.07. The summed E-state index contributed by atoms with van der Waals surface area (Å²) in [5.74, 6) is 0.326. The van der Waals surface area contributed by atoms with E-state index in [0.29, 0.717) is 36.7 Å². The molecule has 2 N–H and O–H groups in total. The number of nitrogens with zero attached hydrogens (tertiary/aromatic N) is 4. The van der Waals surface area contributed by atoms with Crippen LogP contribution in [0.15, 0.2) is 36.9 Å². The number of nitrogen functional groups attached to an aromatic ring is 1. The van der Waals surface area contributed by atoms with Crippen LogP contribution in [0.25, 0.3) is 11.2 Å². The molecule has 0 radical (unpaired) electrons. The van der Waals surface area contributed by atoms with Crippen LogP contribution in [0.2, 0.25) is 0 Å². The Morgan fingerprint density at radius 3 is 2.06 bits per heavy atom. The van der Waals surface area contributed by atoms with Crippen molar-refractivity contribution in [3.8, 4) is 0 Å². The second-order valence-corrected chi connectivity index (χ2v) is 15.0. The van der Waals surface area contributed by atoms with E-state index in [2.05, 4.69) is 21.9 Å². The Morgan fingerprint density at radius 2 is 1.42 bits per heavy atom. The third-order valence-corrected chi connectivity index (χ3v) is 10.3. The van der Waals surface area contributed by atoms with Gasteiger partial charge in [-0.25, -0.2) is 15.0 Å². The lowest BCUT2D eigenvalue weighted by Gasteiger charge is -2.22. The highest BCUT2D eigenvalue weighted by molar-refractivity contribution is 7.53. The first-order valence-electron chi connectivity index (χ1n) is 18.4. The molecule has 0 aliphatic rings. The number of aromatic nitrogens is 4. The SMILES string of the molecule is CCCCCCCCCCCCCCCCCCOCCOP(=O)(CO[C@H](C)Cn1cnc2c(N)ncnc21)OCc1ccccc1C. The predicted molar refractivity (Wildman–Crippen MR) is 195 cm³/mol. The first-order valence-corrected chi connectivity index (χ1v) is 20.2. The number of rotatable bonds is 29. The summed E-state index contributed by atoms with van der Waals surface area (Å²) in [6.45, 7) is 7.98. The van der Waals surface area contributed by atoms with Crippen LogP contribution < -0.4 is 5.73 Å². The van der Waals surface area contributed by atoms with Crippen LogP contribution in [0.1, 0.15) is 128 Å². The molecule has 0 aliphatic carbocycles. The van der Waals surface area contributed by atoms with Crippen molar-refractivity contribution < 1.29 is 23.1 Å². The monoisotopic (exact) mass is 687 g/mol. The summed E-state index contributed by atoms with van der Waals surface area (Å²) in [6.07, 6.45) is 24.1. The summed E-state index contributed by atoms with van der Waals surface area (Å²) in [5, 5.41) is 0. The summed E-state index contributed by atoms with van der Waals surface area (Å²) in [5.41, 5.74) is 9.09. The number of anilines is 1. The molecule has 48 heavy (non-hydrogen) atoms. The molecule has 0 fully saturated rings. The minimum atomic E-state index is -3.57. The van der Waals surface area contributed by atoms with E-state index >= 15 is 0 Å². The standard InChI is InChI=1S/C37H62N5O5P/c1-4-5-6-7-8-9-10-11-12-13-14-15-16-17-18-21-24-44-25-26-46-48(43,47-28-34-23-20-19-22-32(34)2)31-45-33(3)27-42-30-41-35-36(38)39-29-40-37(35)42/h19-20,22-23,29-30,33H,4-18,21,24-28,31H2,1-3H3,(H2,38,39,40)/t33-,48?/m1/s1. The molecule has 270 valence electrons. The predicted octanol–water partition coefficient (Wildman–Crippen LogP) is 9.78. The van der Waals surface area contributed by atoms with Crippen LogP contribution in [-0.4, -0.2) is 51.8 Å². The highest BCUT2D eigenvalue weighted by Crippen LogP contribution is 2.49. The summed E-state index contributed by atoms with van der Waals surface area (Å²) >= 11 is 0. The quantitative estimate of drug-likeness (QED) is 0.0561. The lowest BCUT2D eigenvalue weighted by Crippen LogP contribution is -2.18. The van der Waals surface area contributed by atoms with Crippen molar-refractivity contribution in [3.63, 3.8) is 0 Å². The molecule has 3 rings (SSSR count). The summed E-state index contributed by atoms with van der Waals surface area (Å²) < 4.78 is 39.1. The van der Waals surface area contributed by atoms with Crippen LogP contribution in [0.4, 0.5) is 5.82 Å². The van der Waals surface area contributed by atoms with E-state index in [1.807, 2.05) is 42.7 Å². The zero-order valence-corrected chi connectivity index (χ0v) is 30.8. The van der Waals surface area contributed by atoms with Gasteiger partial charge < -0.3 is 28.8 Å². The minimum absolute atomic E-state index is 0.171. The molecule has 0 aliphatic heterocycles. The highest BCUT2D eigenvalue weighted by atomic mass is 31.2. The Kier molecular flexibility index (Phi) is 20.0. The van der Waals surface area contributed by atoms with Gasteiger partial charge in [0.25, 0.3) is 0 Å². The average molecular weight is 688 g/mol. The molecular formula is C37H62N5O5P. The fourth-order valence-electron chi connectivity index (χ4n) is 5.72. The Labute approximate surface area is 289 Å². The summed E-state index contributed by atoms with van der Waals surface area (Å²) in [7, 11) is -3.57. The van der Waals surface area contributed by atoms with Crippen molar-refractivity contribution in [1.29, 1.82) is 0 Å². The van der Waals surface area contributed by atoms with Crippen molar-refractivity contribution in [2.45, 2.75) is 143 Å². The van der Waals surface area contributed by atoms with E-state index in [1.165, 1.54) is 103 Å². The number of hydrogen-bond acceptors (Lipinski definition) is 9. The second-order valence-electron chi connectivity index (χ2n) is 13.0. The van der Waals surface area contributed by atoms with Gasteiger partial charge in [-0.15, -0.1) is 0 Å². The molecule has 1 aromatic carbocycles. The second kappa shape index (κ2) is 23.9. The molecule has 2 aromatic heterocycles. The maximum atomic E-state index is 13.8. The minimum Gasteiger partial charge on any atom is -0.382 e. The van der Waals surface area contributed by atoms with E-state index in [-0.39, 0.29) is 25.7 Å². The molecule has 0 saturated carbocycles. The van der Waals surface area contributed by atoms with E-state index in [4.69, 9.17) is 24.3 Å². The number of hydrogen-bond donors (Lipinski definition) is 1. The van der Waals surface area contributed by atoms with E-state index < -0.39 is 7.60 Å². The third-order valence-electron chi connectivity index (χ3n) is 8.74. The lowest BCUT2D eigenvalue weighted by molar-refractivity contribution is 0.0529. The number of fused-ring (bicyclic) bond motifs is 1. The van der Waals surface area contributed by atoms with Gasteiger partial charge in [0.15, 0.2) is 11.5 Å². The number of nitrogens with two attached hydrogens (primary N) is 1. The lowest BCUT2D eigenvalue weighted by atomic mass is 10.0. The van der Waals surface area contributed by atoms with Gasteiger partial charge in [-0.1, -0.05) is 128 Å². The third kappa shape index (κ3) is 15.9. The van der Waals surface area contributed by atoms with Crippen LogP contribution in [0.3, 0.4) is 0 Å². The molecular weight excluding hydrogens is 625 g/mol.